The first kappa shape index (κ1) is 20.3. The second-order valence-electron chi connectivity index (χ2n) is 8.40. The van der Waals surface area contributed by atoms with E-state index in [0.29, 0.717) is 24.6 Å². The molecule has 0 aromatic heterocycles. The van der Waals surface area contributed by atoms with E-state index in [9.17, 15) is 8.42 Å². The van der Waals surface area contributed by atoms with Crippen LogP contribution in [0.15, 0.2) is 40.6 Å². The van der Waals surface area contributed by atoms with E-state index in [2.05, 4.69) is 34.4 Å². The van der Waals surface area contributed by atoms with Gasteiger partial charge >= 0.3 is 0 Å². The van der Waals surface area contributed by atoms with Gasteiger partial charge in [0.2, 0.25) is 0 Å². The van der Waals surface area contributed by atoms with Crippen LogP contribution in [0.1, 0.15) is 56.9 Å². The number of sulfonamides is 1. The second kappa shape index (κ2) is 8.38. The fourth-order valence-corrected chi connectivity index (χ4v) is 5.24. The molecule has 5 rings (SSSR count). The minimum Gasteiger partial charge on any atom is -0.496 e. The molecule has 3 heterocycles. The number of allylic oxidation sites excluding steroid dienone is 1. The van der Waals surface area contributed by atoms with Crippen LogP contribution < -0.4 is 4.74 Å². The predicted molar refractivity (Wildman–Crippen MR) is 114 cm³/mol. The summed E-state index contributed by atoms with van der Waals surface area (Å²) >= 11 is 0. The molecule has 3 aliphatic heterocycles. The molecule has 6 nitrogen and oxygen atoms in total. The van der Waals surface area contributed by atoms with Crippen LogP contribution in [0.3, 0.4) is 0 Å². The topological polar surface area (TPSA) is 68.2 Å². The molecule has 0 N–H and O–H groups in total. The summed E-state index contributed by atoms with van der Waals surface area (Å²) in [4.78, 5) is 2.16. The first-order chi connectivity index (χ1) is 13.9. The Morgan fingerprint density at radius 2 is 1.90 bits per heavy atom. The number of hydrogen-bond acceptors (Lipinski definition) is 5. The van der Waals surface area contributed by atoms with Crippen LogP contribution in [0, 0.1) is 0 Å². The Morgan fingerprint density at radius 1 is 1.14 bits per heavy atom. The molecule has 158 valence electrons. The number of piperidine rings is 1. The summed E-state index contributed by atoms with van der Waals surface area (Å²) < 4.78 is 40.2. The second-order valence-corrected chi connectivity index (χ2v) is 10.0. The highest BCUT2D eigenvalue weighted by Crippen LogP contribution is 2.39. The average molecular weight is 419 g/mol. The quantitative estimate of drug-likeness (QED) is 0.693. The summed E-state index contributed by atoms with van der Waals surface area (Å²) in [6, 6.07) is 8.37. The van der Waals surface area contributed by atoms with Crippen molar-refractivity contribution >= 4 is 15.7 Å². The van der Waals surface area contributed by atoms with Crippen molar-refractivity contribution in [1.29, 1.82) is 0 Å². The Kier molecular flexibility index (Phi) is 5.86. The standard InChI is InChI=1S/C22H30N2O4S/c1-16-14-24-13-5-7-20(23-29(2,25)26)21(24)15-27-18-11-9-17(10-12-18)19-6-3-4-8-22(19)28-16/h3-4,6,8,15-18H,5,7,9-14H2,1-2H3/b21-15-,23-20+/t16-,17?,18?/m0/s1. The fraction of sp³-hybridized carbons (Fsp3) is 0.591. The van der Waals surface area contributed by atoms with Crippen LogP contribution in [0.5, 0.6) is 5.75 Å². The lowest BCUT2D eigenvalue weighted by atomic mass is 9.82. The van der Waals surface area contributed by atoms with E-state index in [1.54, 1.807) is 6.26 Å². The zero-order chi connectivity index (χ0) is 20.4. The minimum absolute atomic E-state index is 0.0462. The third kappa shape index (κ3) is 4.94. The van der Waals surface area contributed by atoms with Crippen molar-refractivity contribution in [2.75, 3.05) is 19.3 Å². The molecule has 1 aromatic carbocycles. The van der Waals surface area contributed by atoms with Gasteiger partial charge in [0.05, 0.1) is 30.3 Å². The first-order valence-electron chi connectivity index (χ1n) is 10.5. The average Bonchev–Trinajstić information content (AvgIpc) is 2.68. The van der Waals surface area contributed by atoms with E-state index < -0.39 is 10.0 Å². The van der Waals surface area contributed by atoms with Gasteiger partial charge in [0, 0.05) is 6.54 Å². The van der Waals surface area contributed by atoms with Crippen LogP contribution in [0.2, 0.25) is 0 Å². The molecule has 7 heteroatoms. The number of para-hydroxylation sites is 1. The molecule has 1 aromatic rings. The Hall–Kier alpha value is -2.02. The van der Waals surface area contributed by atoms with Gasteiger partial charge in [-0.25, -0.2) is 8.42 Å². The van der Waals surface area contributed by atoms with Gasteiger partial charge in [-0.3, -0.25) is 0 Å². The van der Waals surface area contributed by atoms with Gasteiger partial charge in [0.15, 0.2) is 0 Å². The highest BCUT2D eigenvalue weighted by atomic mass is 32.2. The monoisotopic (exact) mass is 418 g/mol. The number of hydrogen-bond donors (Lipinski definition) is 0. The van der Waals surface area contributed by atoms with Crippen molar-refractivity contribution in [3.05, 3.63) is 41.8 Å². The van der Waals surface area contributed by atoms with E-state index in [0.717, 1.165) is 56.4 Å². The molecule has 0 radical (unpaired) electrons. The van der Waals surface area contributed by atoms with E-state index in [4.69, 9.17) is 9.47 Å². The molecular weight excluding hydrogens is 388 g/mol. The highest BCUT2D eigenvalue weighted by molar-refractivity contribution is 7.89. The smallest absolute Gasteiger partial charge is 0.250 e. The lowest BCUT2D eigenvalue weighted by Crippen LogP contribution is -2.40. The molecule has 1 atom stereocenters. The van der Waals surface area contributed by atoms with E-state index >= 15 is 0 Å². The zero-order valence-corrected chi connectivity index (χ0v) is 18.0. The lowest BCUT2D eigenvalue weighted by molar-refractivity contribution is 0.0947. The Labute approximate surface area is 173 Å². The molecule has 0 spiro atoms. The number of fused-ring (bicyclic) bond motifs is 5. The number of rotatable bonds is 1. The fourth-order valence-electron chi connectivity index (χ4n) is 4.65. The molecular formula is C22H30N2O4S. The number of benzene rings is 1. The van der Waals surface area contributed by atoms with Crippen molar-refractivity contribution in [1.82, 2.24) is 4.90 Å². The molecule has 0 amide bonds. The normalized spacial score (nSPS) is 31.1. The van der Waals surface area contributed by atoms with Gasteiger partial charge < -0.3 is 14.4 Å². The molecule has 1 saturated heterocycles. The van der Waals surface area contributed by atoms with E-state index in [1.165, 1.54) is 5.56 Å². The maximum atomic E-state index is 11.8. The number of nitrogens with zero attached hydrogens (tertiary/aromatic N) is 2. The van der Waals surface area contributed by atoms with Crippen molar-refractivity contribution in [2.45, 2.75) is 63.6 Å². The van der Waals surface area contributed by atoms with Gasteiger partial charge in [-0.05, 0) is 63.0 Å². The lowest BCUT2D eigenvalue weighted by Gasteiger charge is -2.34. The molecule has 29 heavy (non-hydrogen) atoms. The maximum Gasteiger partial charge on any atom is 0.250 e. The Morgan fingerprint density at radius 3 is 2.66 bits per heavy atom. The maximum absolute atomic E-state index is 11.8. The molecule has 2 bridgehead atoms. The third-order valence-electron chi connectivity index (χ3n) is 5.96. The largest absolute Gasteiger partial charge is 0.496 e. The summed E-state index contributed by atoms with van der Waals surface area (Å²) in [6.45, 7) is 3.55. The van der Waals surface area contributed by atoms with Crippen molar-refractivity contribution < 1.29 is 17.9 Å². The van der Waals surface area contributed by atoms with E-state index in [1.807, 2.05) is 6.07 Å². The van der Waals surface area contributed by atoms with Gasteiger partial charge in [0.1, 0.15) is 18.1 Å². The minimum atomic E-state index is -3.46. The first-order valence-corrected chi connectivity index (χ1v) is 12.4. The summed E-state index contributed by atoms with van der Waals surface area (Å²) in [5.74, 6) is 1.47. The molecule has 1 aliphatic carbocycles. The molecule has 4 aliphatic rings. The molecule has 1 saturated carbocycles. The van der Waals surface area contributed by atoms with Crippen molar-refractivity contribution in [2.24, 2.45) is 4.40 Å². The Bertz CT molecular complexity index is 901. The SMILES string of the molecule is C[C@H]1CN2CCCC(=N\S(C)(=O)=O)/C2=C/OC2CCC(CC2)c2ccccc2O1. The molecule has 0 unspecified atom stereocenters. The van der Waals surface area contributed by atoms with Gasteiger partial charge in [-0.15, -0.1) is 0 Å². The van der Waals surface area contributed by atoms with Crippen LogP contribution in [-0.2, 0) is 14.8 Å². The van der Waals surface area contributed by atoms with Gasteiger partial charge in [-0.2, -0.15) is 4.40 Å². The third-order valence-corrected chi connectivity index (χ3v) is 6.52. The van der Waals surface area contributed by atoms with Crippen molar-refractivity contribution in [3.8, 4) is 5.75 Å². The summed E-state index contributed by atoms with van der Waals surface area (Å²) in [7, 11) is -3.46. The van der Waals surface area contributed by atoms with Crippen LogP contribution in [0.4, 0.5) is 0 Å². The zero-order valence-electron chi connectivity index (χ0n) is 17.2. The summed E-state index contributed by atoms with van der Waals surface area (Å²) in [5.41, 5.74) is 2.67. The highest BCUT2D eigenvalue weighted by Gasteiger charge is 2.29. The number of ether oxygens (including phenoxy) is 2. The van der Waals surface area contributed by atoms with E-state index in [-0.39, 0.29) is 12.2 Å². The summed E-state index contributed by atoms with van der Waals surface area (Å²) in [6.07, 6.45) is 8.62. The van der Waals surface area contributed by atoms with Crippen LogP contribution >= 0.6 is 0 Å². The predicted octanol–water partition coefficient (Wildman–Crippen LogP) is 3.85. The van der Waals surface area contributed by atoms with Crippen LogP contribution in [0.25, 0.3) is 0 Å². The van der Waals surface area contributed by atoms with Gasteiger partial charge in [-0.1, -0.05) is 18.2 Å². The van der Waals surface area contributed by atoms with Crippen LogP contribution in [-0.4, -0.2) is 50.6 Å². The van der Waals surface area contributed by atoms with Gasteiger partial charge in [0.25, 0.3) is 10.0 Å². The Balaban J connectivity index is 1.69. The molecule has 2 fully saturated rings. The summed E-state index contributed by atoms with van der Waals surface area (Å²) in [5, 5.41) is 0. The van der Waals surface area contributed by atoms with Crippen molar-refractivity contribution in [3.63, 3.8) is 0 Å².